The summed E-state index contributed by atoms with van der Waals surface area (Å²) < 4.78 is 0. The fraction of sp³-hybridized carbons (Fsp3) is 1.00. The summed E-state index contributed by atoms with van der Waals surface area (Å²) in [5, 5.41) is 3.53. The molecule has 2 aliphatic heterocycles. The van der Waals surface area contributed by atoms with E-state index in [1.807, 2.05) is 0 Å². The van der Waals surface area contributed by atoms with Gasteiger partial charge in [0.15, 0.2) is 0 Å². The molecule has 0 unspecified atom stereocenters. The second-order valence-corrected chi connectivity index (χ2v) is 5.44. The number of hydrogen-bond donors (Lipinski definition) is 1. The zero-order valence-corrected chi connectivity index (χ0v) is 7.91. The van der Waals surface area contributed by atoms with Crippen molar-refractivity contribution in [3.63, 3.8) is 0 Å². The highest BCUT2D eigenvalue weighted by atomic mass is 14.9. The van der Waals surface area contributed by atoms with Crippen LogP contribution in [0.15, 0.2) is 0 Å². The number of piperidine rings is 2. The van der Waals surface area contributed by atoms with Gasteiger partial charge in [0.2, 0.25) is 0 Å². The van der Waals surface area contributed by atoms with Crippen molar-refractivity contribution in [1.82, 2.24) is 5.32 Å². The Hall–Kier alpha value is -0.0400. The Kier molecular flexibility index (Phi) is 1.39. The third-order valence-electron chi connectivity index (χ3n) is 3.85. The minimum atomic E-state index is 0.511. The molecule has 0 aromatic rings. The van der Waals surface area contributed by atoms with Crippen LogP contribution in [0.2, 0.25) is 0 Å². The van der Waals surface area contributed by atoms with Crippen molar-refractivity contribution in [1.29, 1.82) is 0 Å². The molecule has 3 fully saturated rings. The molecule has 2 saturated heterocycles. The van der Waals surface area contributed by atoms with E-state index in [-0.39, 0.29) is 0 Å². The summed E-state index contributed by atoms with van der Waals surface area (Å²) >= 11 is 0. The highest BCUT2D eigenvalue weighted by Crippen LogP contribution is 2.57. The highest BCUT2D eigenvalue weighted by molar-refractivity contribution is 5.05. The lowest BCUT2D eigenvalue weighted by atomic mass is 9.49. The van der Waals surface area contributed by atoms with Gasteiger partial charge in [-0.3, -0.25) is 0 Å². The SMILES string of the molecule is CC(C)(C)C12CNCC(C1)C2. The summed E-state index contributed by atoms with van der Waals surface area (Å²) in [6.07, 6.45) is 2.95. The number of fused-ring (bicyclic) bond motifs is 2. The molecule has 3 rings (SSSR count). The second-order valence-electron chi connectivity index (χ2n) is 5.44. The Morgan fingerprint density at radius 3 is 2.18 bits per heavy atom. The molecular formula is C10H19N. The second kappa shape index (κ2) is 2.01. The van der Waals surface area contributed by atoms with Crippen molar-refractivity contribution in [2.24, 2.45) is 16.7 Å². The Balaban J connectivity index is 2.13. The van der Waals surface area contributed by atoms with Crippen LogP contribution in [0.1, 0.15) is 33.6 Å². The number of hydrogen-bond acceptors (Lipinski definition) is 1. The standard InChI is InChI=1S/C10H19N/c1-9(2,3)10-4-8(5-10)6-11-7-10/h8,11H,4-7H2,1-3H3. The van der Waals surface area contributed by atoms with Crippen LogP contribution in [-0.4, -0.2) is 13.1 Å². The van der Waals surface area contributed by atoms with Crippen molar-refractivity contribution < 1.29 is 0 Å². The molecule has 0 amide bonds. The molecule has 2 heterocycles. The maximum absolute atomic E-state index is 3.53. The lowest BCUT2D eigenvalue weighted by molar-refractivity contribution is -0.0769. The van der Waals surface area contributed by atoms with Gasteiger partial charge in [-0.2, -0.15) is 0 Å². The molecular weight excluding hydrogens is 134 g/mol. The van der Waals surface area contributed by atoms with Crippen molar-refractivity contribution in [3.8, 4) is 0 Å². The third-order valence-corrected chi connectivity index (χ3v) is 3.85. The van der Waals surface area contributed by atoms with Gasteiger partial charge < -0.3 is 5.32 Å². The minimum Gasteiger partial charge on any atom is -0.316 e. The van der Waals surface area contributed by atoms with E-state index in [1.54, 1.807) is 0 Å². The summed E-state index contributed by atoms with van der Waals surface area (Å²) in [6.45, 7) is 9.69. The van der Waals surface area contributed by atoms with Gasteiger partial charge in [-0.1, -0.05) is 20.8 Å². The monoisotopic (exact) mass is 153 g/mol. The average Bonchev–Trinajstić information content (AvgIpc) is 1.85. The number of nitrogens with one attached hydrogen (secondary N) is 1. The van der Waals surface area contributed by atoms with Crippen molar-refractivity contribution in [2.45, 2.75) is 33.6 Å². The van der Waals surface area contributed by atoms with E-state index < -0.39 is 0 Å². The van der Waals surface area contributed by atoms with E-state index in [1.165, 1.54) is 25.9 Å². The van der Waals surface area contributed by atoms with E-state index >= 15 is 0 Å². The molecule has 2 bridgehead atoms. The van der Waals surface area contributed by atoms with E-state index in [0.717, 1.165) is 5.92 Å². The molecule has 0 radical (unpaired) electrons. The van der Waals surface area contributed by atoms with Crippen LogP contribution in [0.25, 0.3) is 0 Å². The first-order valence-electron chi connectivity index (χ1n) is 4.74. The van der Waals surface area contributed by atoms with Gasteiger partial charge in [-0.05, 0) is 36.1 Å². The normalized spacial score (nSPS) is 43.4. The largest absolute Gasteiger partial charge is 0.316 e. The number of rotatable bonds is 0. The van der Waals surface area contributed by atoms with Gasteiger partial charge in [0.05, 0.1) is 0 Å². The van der Waals surface area contributed by atoms with Crippen LogP contribution in [-0.2, 0) is 0 Å². The van der Waals surface area contributed by atoms with Gasteiger partial charge in [0, 0.05) is 6.54 Å². The van der Waals surface area contributed by atoms with E-state index in [4.69, 9.17) is 0 Å². The molecule has 1 nitrogen and oxygen atoms in total. The molecule has 64 valence electrons. The summed E-state index contributed by atoms with van der Waals surface area (Å²) in [7, 11) is 0. The minimum absolute atomic E-state index is 0.511. The molecule has 0 spiro atoms. The average molecular weight is 153 g/mol. The van der Waals surface area contributed by atoms with Crippen molar-refractivity contribution in [3.05, 3.63) is 0 Å². The van der Waals surface area contributed by atoms with Gasteiger partial charge in [0.1, 0.15) is 0 Å². The van der Waals surface area contributed by atoms with E-state index in [2.05, 4.69) is 26.1 Å². The Morgan fingerprint density at radius 2 is 1.91 bits per heavy atom. The van der Waals surface area contributed by atoms with E-state index in [9.17, 15) is 0 Å². The zero-order chi connectivity index (χ0) is 8.11. The molecule has 0 atom stereocenters. The van der Waals surface area contributed by atoms with E-state index in [0.29, 0.717) is 10.8 Å². The summed E-state index contributed by atoms with van der Waals surface area (Å²) in [5.74, 6) is 1.00. The molecule has 3 aliphatic rings. The predicted molar refractivity (Wildman–Crippen MR) is 47.5 cm³/mol. The molecule has 0 aromatic heterocycles. The first-order valence-corrected chi connectivity index (χ1v) is 4.74. The first-order chi connectivity index (χ1) is 5.04. The zero-order valence-electron chi connectivity index (χ0n) is 7.91. The topological polar surface area (TPSA) is 12.0 Å². The summed E-state index contributed by atoms with van der Waals surface area (Å²) in [5.41, 5.74) is 1.16. The molecule has 1 aliphatic carbocycles. The fourth-order valence-electron chi connectivity index (χ4n) is 2.73. The summed E-state index contributed by atoms with van der Waals surface area (Å²) in [4.78, 5) is 0. The molecule has 1 heteroatoms. The van der Waals surface area contributed by atoms with Gasteiger partial charge in [-0.25, -0.2) is 0 Å². The lowest BCUT2D eigenvalue weighted by Gasteiger charge is -2.60. The quantitative estimate of drug-likeness (QED) is 0.561. The van der Waals surface area contributed by atoms with Crippen molar-refractivity contribution in [2.75, 3.05) is 13.1 Å². The van der Waals surface area contributed by atoms with Crippen LogP contribution in [0.5, 0.6) is 0 Å². The van der Waals surface area contributed by atoms with Gasteiger partial charge >= 0.3 is 0 Å². The third kappa shape index (κ3) is 0.936. The molecule has 0 aromatic carbocycles. The Morgan fingerprint density at radius 1 is 1.27 bits per heavy atom. The molecule has 1 saturated carbocycles. The Labute approximate surface area is 69.6 Å². The maximum Gasteiger partial charge on any atom is 0.00132 e. The van der Waals surface area contributed by atoms with Gasteiger partial charge in [-0.15, -0.1) is 0 Å². The van der Waals surface area contributed by atoms with Crippen LogP contribution in [0.4, 0.5) is 0 Å². The molecule has 11 heavy (non-hydrogen) atoms. The molecule has 1 N–H and O–H groups in total. The van der Waals surface area contributed by atoms with Crippen LogP contribution in [0.3, 0.4) is 0 Å². The first kappa shape index (κ1) is 7.60. The Bertz CT molecular complexity index is 155. The van der Waals surface area contributed by atoms with Gasteiger partial charge in [0.25, 0.3) is 0 Å². The van der Waals surface area contributed by atoms with Crippen molar-refractivity contribution >= 4 is 0 Å². The highest BCUT2D eigenvalue weighted by Gasteiger charge is 2.53. The van der Waals surface area contributed by atoms with Crippen LogP contribution in [0, 0.1) is 16.7 Å². The van der Waals surface area contributed by atoms with Crippen LogP contribution >= 0.6 is 0 Å². The summed E-state index contributed by atoms with van der Waals surface area (Å²) in [6, 6.07) is 0. The maximum atomic E-state index is 3.53. The fourth-order valence-corrected chi connectivity index (χ4v) is 2.73. The van der Waals surface area contributed by atoms with Crippen LogP contribution < -0.4 is 5.32 Å². The smallest absolute Gasteiger partial charge is 0.00132 e. The lowest BCUT2D eigenvalue weighted by Crippen LogP contribution is -2.60. The predicted octanol–water partition coefficient (Wildman–Crippen LogP) is 2.03.